The van der Waals surface area contributed by atoms with Gasteiger partial charge in [0.05, 0.1) is 6.61 Å². The average Bonchev–Trinajstić information content (AvgIpc) is 2.34. The SMILES string of the molecule is CCC(C)NCc1cccc(OCC(C)C)c1. The van der Waals surface area contributed by atoms with Gasteiger partial charge in [-0.05, 0) is 37.0 Å². The van der Waals surface area contributed by atoms with E-state index in [1.165, 1.54) is 5.56 Å². The standard InChI is InChI=1S/C15H25NO/c1-5-13(4)16-10-14-7-6-8-15(9-14)17-11-12(2)3/h6-9,12-13,16H,5,10-11H2,1-4H3. The molecule has 1 aromatic rings. The van der Waals surface area contributed by atoms with E-state index in [1.54, 1.807) is 0 Å². The van der Waals surface area contributed by atoms with Gasteiger partial charge in [0.2, 0.25) is 0 Å². The highest BCUT2D eigenvalue weighted by Crippen LogP contribution is 2.14. The van der Waals surface area contributed by atoms with Crippen LogP contribution >= 0.6 is 0 Å². The van der Waals surface area contributed by atoms with Crippen molar-refractivity contribution >= 4 is 0 Å². The molecule has 0 aromatic heterocycles. The van der Waals surface area contributed by atoms with E-state index >= 15 is 0 Å². The van der Waals surface area contributed by atoms with Gasteiger partial charge >= 0.3 is 0 Å². The third-order valence-corrected chi connectivity index (χ3v) is 2.75. The molecule has 1 rings (SSSR count). The van der Waals surface area contributed by atoms with Crippen molar-refractivity contribution in [3.63, 3.8) is 0 Å². The molecule has 0 saturated heterocycles. The van der Waals surface area contributed by atoms with Crippen LogP contribution in [0.1, 0.15) is 39.7 Å². The molecule has 0 saturated carbocycles. The maximum Gasteiger partial charge on any atom is 0.119 e. The van der Waals surface area contributed by atoms with Gasteiger partial charge in [-0.2, -0.15) is 0 Å². The topological polar surface area (TPSA) is 21.3 Å². The van der Waals surface area contributed by atoms with Gasteiger partial charge in [0.1, 0.15) is 5.75 Å². The van der Waals surface area contributed by atoms with Crippen LogP contribution in [0, 0.1) is 5.92 Å². The highest BCUT2D eigenvalue weighted by Gasteiger charge is 2.01. The number of nitrogens with one attached hydrogen (secondary N) is 1. The zero-order valence-corrected chi connectivity index (χ0v) is 11.5. The molecule has 0 bridgehead atoms. The second-order valence-corrected chi connectivity index (χ2v) is 5.04. The summed E-state index contributed by atoms with van der Waals surface area (Å²) in [6, 6.07) is 8.91. The molecule has 17 heavy (non-hydrogen) atoms. The lowest BCUT2D eigenvalue weighted by atomic mass is 10.2. The Morgan fingerprint density at radius 1 is 1.24 bits per heavy atom. The molecule has 2 heteroatoms. The zero-order chi connectivity index (χ0) is 12.7. The van der Waals surface area contributed by atoms with Crippen LogP contribution in [0.2, 0.25) is 0 Å². The molecule has 1 atom stereocenters. The monoisotopic (exact) mass is 235 g/mol. The van der Waals surface area contributed by atoms with Gasteiger partial charge in [0.25, 0.3) is 0 Å². The van der Waals surface area contributed by atoms with Crippen molar-refractivity contribution < 1.29 is 4.74 Å². The molecule has 0 spiro atoms. The Labute approximate surface area is 105 Å². The molecule has 1 unspecified atom stereocenters. The second kappa shape index (κ2) is 7.33. The molecule has 2 nitrogen and oxygen atoms in total. The lowest BCUT2D eigenvalue weighted by Gasteiger charge is -2.13. The molecule has 1 N–H and O–H groups in total. The third kappa shape index (κ3) is 5.73. The maximum atomic E-state index is 5.71. The summed E-state index contributed by atoms with van der Waals surface area (Å²) in [5.74, 6) is 1.54. The Hall–Kier alpha value is -1.02. The first-order chi connectivity index (χ1) is 8.11. The summed E-state index contributed by atoms with van der Waals surface area (Å²) in [6.45, 7) is 10.4. The van der Waals surface area contributed by atoms with Crippen molar-refractivity contribution in [2.75, 3.05) is 6.61 Å². The molecule has 0 fully saturated rings. The van der Waals surface area contributed by atoms with Gasteiger partial charge in [-0.1, -0.05) is 32.9 Å². The van der Waals surface area contributed by atoms with E-state index in [0.29, 0.717) is 12.0 Å². The Morgan fingerprint density at radius 3 is 2.65 bits per heavy atom. The summed E-state index contributed by atoms with van der Waals surface area (Å²) in [4.78, 5) is 0. The van der Waals surface area contributed by atoms with Crippen LogP contribution in [0.3, 0.4) is 0 Å². The largest absolute Gasteiger partial charge is 0.493 e. The van der Waals surface area contributed by atoms with E-state index in [4.69, 9.17) is 4.74 Å². The van der Waals surface area contributed by atoms with Crippen LogP contribution in [-0.4, -0.2) is 12.6 Å². The van der Waals surface area contributed by atoms with Crippen LogP contribution in [0.25, 0.3) is 0 Å². The summed E-state index contributed by atoms with van der Waals surface area (Å²) in [5, 5.41) is 3.49. The molecule has 0 amide bonds. The molecule has 0 aliphatic carbocycles. The summed E-state index contributed by atoms with van der Waals surface area (Å²) in [7, 11) is 0. The summed E-state index contributed by atoms with van der Waals surface area (Å²) in [6.07, 6.45) is 1.16. The molecular weight excluding hydrogens is 210 g/mol. The summed E-state index contributed by atoms with van der Waals surface area (Å²) >= 11 is 0. The quantitative estimate of drug-likeness (QED) is 0.779. The predicted octanol–water partition coefficient (Wildman–Crippen LogP) is 3.61. The van der Waals surface area contributed by atoms with Gasteiger partial charge in [-0.15, -0.1) is 0 Å². The fraction of sp³-hybridized carbons (Fsp3) is 0.600. The maximum absolute atomic E-state index is 5.71. The zero-order valence-electron chi connectivity index (χ0n) is 11.5. The van der Waals surface area contributed by atoms with Gasteiger partial charge in [0.15, 0.2) is 0 Å². The number of hydrogen-bond donors (Lipinski definition) is 1. The number of benzene rings is 1. The van der Waals surface area contributed by atoms with Crippen molar-refractivity contribution in [3.8, 4) is 5.75 Å². The molecule has 0 aliphatic rings. The summed E-state index contributed by atoms with van der Waals surface area (Å²) < 4.78 is 5.71. The first-order valence-electron chi connectivity index (χ1n) is 6.57. The minimum atomic E-state index is 0.565. The van der Waals surface area contributed by atoms with Crippen LogP contribution in [0.4, 0.5) is 0 Å². The minimum absolute atomic E-state index is 0.565. The predicted molar refractivity (Wildman–Crippen MR) is 73.4 cm³/mol. The lowest BCUT2D eigenvalue weighted by molar-refractivity contribution is 0.271. The van der Waals surface area contributed by atoms with Crippen molar-refractivity contribution in [1.82, 2.24) is 5.32 Å². The molecule has 0 aliphatic heterocycles. The third-order valence-electron chi connectivity index (χ3n) is 2.75. The fourth-order valence-corrected chi connectivity index (χ4v) is 1.44. The van der Waals surface area contributed by atoms with Crippen LogP contribution in [-0.2, 0) is 6.54 Å². The number of ether oxygens (including phenoxy) is 1. The van der Waals surface area contributed by atoms with Crippen molar-refractivity contribution in [2.24, 2.45) is 5.92 Å². The normalized spacial score (nSPS) is 12.8. The van der Waals surface area contributed by atoms with E-state index in [1.807, 2.05) is 6.07 Å². The van der Waals surface area contributed by atoms with Crippen molar-refractivity contribution in [1.29, 1.82) is 0 Å². The van der Waals surface area contributed by atoms with E-state index < -0.39 is 0 Å². The van der Waals surface area contributed by atoms with Crippen LogP contribution in [0.15, 0.2) is 24.3 Å². The highest BCUT2D eigenvalue weighted by atomic mass is 16.5. The van der Waals surface area contributed by atoms with Crippen molar-refractivity contribution in [2.45, 2.75) is 46.7 Å². The van der Waals surface area contributed by atoms with Gasteiger partial charge < -0.3 is 10.1 Å². The number of hydrogen-bond acceptors (Lipinski definition) is 2. The fourth-order valence-electron chi connectivity index (χ4n) is 1.44. The Balaban J connectivity index is 2.47. The van der Waals surface area contributed by atoms with Crippen molar-refractivity contribution in [3.05, 3.63) is 29.8 Å². The van der Waals surface area contributed by atoms with E-state index in [-0.39, 0.29) is 0 Å². The van der Waals surface area contributed by atoms with E-state index in [0.717, 1.165) is 25.3 Å². The van der Waals surface area contributed by atoms with Gasteiger partial charge in [0, 0.05) is 12.6 Å². The minimum Gasteiger partial charge on any atom is -0.493 e. The smallest absolute Gasteiger partial charge is 0.119 e. The molecule has 96 valence electrons. The Morgan fingerprint density at radius 2 is 2.00 bits per heavy atom. The highest BCUT2D eigenvalue weighted by molar-refractivity contribution is 5.28. The molecule has 1 aromatic carbocycles. The first kappa shape index (κ1) is 14.0. The number of rotatable bonds is 7. The summed E-state index contributed by atoms with van der Waals surface area (Å²) in [5.41, 5.74) is 1.28. The van der Waals surface area contributed by atoms with Gasteiger partial charge in [-0.25, -0.2) is 0 Å². The van der Waals surface area contributed by atoms with Crippen LogP contribution in [0.5, 0.6) is 5.75 Å². The van der Waals surface area contributed by atoms with Gasteiger partial charge in [-0.3, -0.25) is 0 Å². The lowest BCUT2D eigenvalue weighted by Crippen LogP contribution is -2.24. The first-order valence-corrected chi connectivity index (χ1v) is 6.57. The molecule has 0 radical (unpaired) electrons. The van der Waals surface area contributed by atoms with E-state index in [9.17, 15) is 0 Å². The Bertz CT molecular complexity index is 322. The van der Waals surface area contributed by atoms with Crippen LogP contribution < -0.4 is 10.1 Å². The molecular formula is C15H25NO. The Kier molecular flexibility index (Phi) is 6.06. The average molecular weight is 235 g/mol. The second-order valence-electron chi connectivity index (χ2n) is 5.04. The van der Waals surface area contributed by atoms with E-state index in [2.05, 4.69) is 51.2 Å². The molecule has 0 heterocycles.